The predicted octanol–water partition coefficient (Wildman–Crippen LogP) is 3.71. The quantitative estimate of drug-likeness (QED) is 0.671. The van der Waals surface area contributed by atoms with Crippen molar-refractivity contribution >= 4 is 34.4 Å². The second kappa shape index (κ2) is 8.78. The minimum absolute atomic E-state index is 0.143. The third-order valence-corrected chi connectivity index (χ3v) is 6.44. The van der Waals surface area contributed by atoms with Crippen LogP contribution in [0.2, 0.25) is 0 Å². The van der Waals surface area contributed by atoms with Gasteiger partial charge in [0.1, 0.15) is 11.6 Å². The first-order chi connectivity index (χ1) is 14.1. The zero-order valence-corrected chi connectivity index (χ0v) is 17.6. The van der Waals surface area contributed by atoms with Gasteiger partial charge in [0.15, 0.2) is 0 Å². The number of benzene rings is 2. The topological polar surface area (TPSA) is 61.5 Å². The Morgan fingerprint density at radius 3 is 2.72 bits per heavy atom. The number of hydrogen-bond acceptors (Lipinski definition) is 5. The van der Waals surface area contributed by atoms with Crippen LogP contribution in [-0.4, -0.2) is 59.8 Å². The van der Waals surface area contributed by atoms with Crippen molar-refractivity contribution < 1.29 is 9.53 Å². The van der Waals surface area contributed by atoms with E-state index in [1.165, 1.54) is 0 Å². The number of thioether (sulfide) groups is 1. The molecule has 2 heterocycles. The molecule has 7 heteroatoms. The van der Waals surface area contributed by atoms with Crippen LogP contribution in [0, 0.1) is 0 Å². The number of methoxy groups -OCH3 is 1. The van der Waals surface area contributed by atoms with Gasteiger partial charge in [0.2, 0.25) is 5.91 Å². The minimum atomic E-state index is 0.143. The molecule has 1 atom stereocenters. The average Bonchev–Trinajstić information content (AvgIpc) is 3.22. The summed E-state index contributed by atoms with van der Waals surface area (Å²) in [6.07, 6.45) is 0. The van der Waals surface area contributed by atoms with Crippen molar-refractivity contribution in [1.82, 2.24) is 14.9 Å². The van der Waals surface area contributed by atoms with Crippen molar-refractivity contribution in [2.45, 2.75) is 12.2 Å². The monoisotopic (exact) mass is 410 g/mol. The second-order valence-electron chi connectivity index (χ2n) is 7.16. The molecule has 0 radical (unpaired) electrons. The Balaban J connectivity index is 1.28. The van der Waals surface area contributed by atoms with Gasteiger partial charge in [0.25, 0.3) is 0 Å². The average molecular weight is 411 g/mol. The van der Waals surface area contributed by atoms with Crippen molar-refractivity contribution in [3.05, 3.63) is 54.4 Å². The molecule has 1 fully saturated rings. The summed E-state index contributed by atoms with van der Waals surface area (Å²) in [6, 6.07) is 16.1. The van der Waals surface area contributed by atoms with Gasteiger partial charge in [-0.2, -0.15) is 0 Å². The molecule has 1 aliphatic rings. The Morgan fingerprint density at radius 1 is 1.17 bits per heavy atom. The predicted molar refractivity (Wildman–Crippen MR) is 119 cm³/mol. The molecule has 1 N–H and O–H groups in total. The molecule has 2 aromatic carbocycles. The number of H-pyrrole nitrogens is 1. The van der Waals surface area contributed by atoms with Crippen LogP contribution < -0.4 is 9.64 Å². The summed E-state index contributed by atoms with van der Waals surface area (Å²) in [4.78, 5) is 25.0. The highest BCUT2D eigenvalue weighted by Gasteiger charge is 2.22. The van der Waals surface area contributed by atoms with E-state index < -0.39 is 0 Å². The number of nitrogens with zero attached hydrogens (tertiary/aromatic N) is 3. The Labute approximate surface area is 175 Å². The number of piperazine rings is 1. The number of para-hydroxylation sites is 2. The number of fused-ring (bicyclic) bond motifs is 1. The Kier molecular flexibility index (Phi) is 5.94. The van der Waals surface area contributed by atoms with Gasteiger partial charge in [0.05, 0.1) is 29.1 Å². The summed E-state index contributed by atoms with van der Waals surface area (Å²) in [7, 11) is 1.68. The number of aromatic amines is 1. The standard InChI is InChI=1S/C22H26N4O2S/c1-16(22-23-19-8-3-4-9-20(19)24-22)29-15-21(27)26-12-10-25(11-13-26)17-6-5-7-18(14-17)28-2/h3-9,14,16H,10-13,15H2,1-2H3,(H,23,24)/t16-/m0/s1. The number of hydrogen-bond donors (Lipinski definition) is 1. The molecule has 0 aliphatic carbocycles. The van der Waals surface area contributed by atoms with Crippen LogP contribution in [0.1, 0.15) is 18.0 Å². The zero-order chi connectivity index (χ0) is 20.2. The van der Waals surface area contributed by atoms with Crippen LogP contribution in [0.5, 0.6) is 5.75 Å². The highest BCUT2D eigenvalue weighted by Crippen LogP contribution is 2.28. The van der Waals surface area contributed by atoms with Gasteiger partial charge in [-0.3, -0.25) is 4.79 Å². The van der Waals surface area contributed by atoms with E-state index in [-0.39, 0.29) is 11.2 Å². The van der Waals surface area contributed by atoms with Gasteiger partial charge < -0.3 is 19.5 Å². The third-order valence-electron chi connectivity index (χ3n) is 5.30. The van der Waals surface area contributed by atoms with Crippen molar-refractivity contribution in [2.75, 3.05) is 43.9 Å². The number of amides is 1. The maximum absolute atomic E-state index is 12.7. The van der Waals surface area contributed by atoms with Crippen LogP contribution in [-0.2, 0) is 4.79 Å². The van der Waals surface area contributed by atoms with Gasteiger partial charge in [-0.15, -0.1) is 11.8 Å². The molecule has 0 saturated carbocycles. The molecule has 3 aromatic rings. The number of imidazole rings is 1. The lowest BCUT2D eigenvalue weighted by Crippen LogP contribution is -2.49. The van der Waals surface area contributed by atoms with Crippen molar-refractivity contribution in [1.29, 1.82) is 0 Å². The maximum Gasteiger partial charge on any atom is 0.232 e. The molecular weight excluding hydrogens is 384 g/mol. The Hall–Kier alpha value is -2.67. The fraction of sp³-hybridized carbons (Fsp3) is 0.364. The zero-order valence-electron chi connectivity index (χ0n) is 16.8. The van der Waals surface area contributed by atoms with Crippen LogP contribution >= 0.6 is 11.8 Å². The van der Waals surface area contributed by atoms with E-state index >= 15 is 0 Å². The normalized spacial score (nSPS) is 15.5. The molecule has 1 aromatic heterocycles. The number of carbonyl (C=O) groups is 1. The van der Waals surface area contributed by atoms with E-state index in [0.29, 0.717) is 5.75 Å². The number of nitrogens with one attached hydrogen (secondary N) is 1. The molecule has 1 amide bonds. The van der Waals surface area contributed by atoms with Gasteiger partial charge in [-0.1, -0.05) is 18.2 Å². The largest absolute Gasteiger partial charge is 0.497 e. The molecular formula is C22H26N4O2S. The van der Waals surface area contributed by atoms with E-state index in [4.69, 9.17) is 4.74 Å². The summed E-state index contributed by atoms with van der Waals surface area (Å²) in [5.74, 6) is 2.45. The molecule has 0 bridgehead atoms. The molecule has 6 nitrogen and oxygen atoms in total. The van der Waals surface area contributed by atoms with Crippen LogP contribution in [0.15, 0.2) is 48.5 Å². The molecule has 0 unspecified atom stereocenters. The van der Waals surface area contributed by atoms with Gasteiger partial charge in [0, 0.05) is 37.9 Å². The first-order valence-corrected chi connectivity index (χ1v) is 10.9. The first-order valence-electron chi connectivity index (χ1n) is 9.87. The molecule has 1 saturated heterocycles. The van der Waals surface area contributed by atoms with Crippen molar-refractivity contribution in [2.24, 2.45) is 0 Å². The van der Waals surface area contributed by atoms with Crippen LogP contribution in [0.4, 0.5) is 5.69 Å². The summed E-state index contributed by atoms with van der Waals surface area (Å²) in [6.45, 7) is 5.26. The Bertz CT molecular complexity index is 949. The van der Waals surface area contributed by atoms with Gasteiger partial charge in [-0.25, -0.2) is 4.98 Å². The van der Waals surface area contributed by atoms with E-state index in [1.807, 2.05) is 47.4 Å². The van der Waals surface area contributed by atoms with Gasteiger partial charge in [-0.05, 0) is 31.2 Å². The van der Waals surface area contributed by atoms with E-state index in [0.717, 1.165) is 54.5 Å². The molecule has 29 heavy (non-hydrogen) atoms. The van der Waals surface area contributed by atoms with Crippen molar-refractivity contribution in [3.63, 3.8) is 0 Å². The van der Waals surface area contributed by atoms with E-state index in [9.17, 15) is 4.79 Å². The Morgan fingerprint density at radius 2 is 1.97 bits per heavy atom. The van der Waals surface area contributed by atoms with Gasteiger partial charge >= 0.3 is 0 Å². The highest BCUT2D eigenvalue weighted by atomic mass is 32.2. The van der Waals surface area contributed by atoms with Crippen LogP contribution in [0.3, 0.4) is 0 Å². The third kappa shape index (κ3) is 4.50. The number of aromatic nitrogens is 2. The summed E-state index contributed by atoms with van der Waals surface area (Å²) >= 11 is 1.63. The van der Waals surface area contributed by atoms with Crippen molar-refractivity contribution in [3.8, 4) is 5.75 Å². The number of rotatable bonds is 6. The SMILES string of the molecule is COc1cccc(N2CCN(C(=O)CS[C@@H](C)c3nc4ccccc4[nH]3)CC2)c1. The second-order valence-corrected chi connectivity index (χ2v) is 8.49. The molecule has 4 rings (SSSR count). The minimum Gasteiger partial charge on any atom is -0.497 e. The summed E-state index contributed by atoms with van der Waals surface area (Å²) < 4.78 is 5.31. The number of ether oxygens (including phenoxy) is 1. The summed E-state index contributed by atoms with van der Waals surface area (Å²) in [5.41, 5.74) is 3.15. The number of anilines is 1. The summed E-state index contributed by atoms with van der Waals surface area (Å²) in [5, 5.41) is 0.143. The molecule has 152 valence electrons. The fourth-order valence-electron chi connectivity index (χ4n) is 3.55. The maximum atomic E-state index is 12.7. The first kappa shape index (κ1) is 19.6. The van der Waals surface area contributed by atoms with Crippen LogP contribution in [0.25, 0.3) is 11.0 Å². The lowest BCUT2D eigenvalue weighted by molar-refractivity contribution is -0.128. The molecule has 0 spiro atoms. The lowest BCUT2D eigenvalue weighted by Gasteiger charge is -2.36. The highest BCUT2D eigenvalue weighted by molar-refractivity contribution is 8.00. The van der Waals surface area contributed by atoms with E-state index in [1.54, 1.807) is 18.9 Å². The lowest BCUT2D eigenvalue weighted by atomic mass is 10.2. The number of carbonyl (C=O) groups excluding carboxylic acids is 1. The smallest absolute Gasteiger partial charge is 0.232 e. The fourth-order valence-corrected chi connectivity index (χ4v) is 4.40. The van der Waals surface area contributed by atoms with E-state index in [2.05, 4.69) is 27.9 Å². The molecule has 1 aliphatic heterocycles.